The van der Waals surface area contributed by atoms with Gasteiger partial charge in [-0.25, -0.2) is 0 Å². The van der Waals surface area contributed by atoms with Crippen LogP contribution in [0, 0.1) is 11.3 Å². The molecule has 27 heavy (non-hydrogen) atoms. The molecule has 0 fully saturated rings. The molecule has 0 aromatic heterocycles. The van der Waals surface area contributed by atoms with Crippen LogP contribution in [0.3, 0.4) is 0 Å². The lowest BCUT2D eigenvalue weighted by Crippen LogP contribution is -2.02. The van der Waals surface area contributed by atoms with E-state index in [2.05, 4.69) is 6.07 Å². The number of rotatable bonds is 7. The fraction of sp³-hybridized carbons (Fsp3) is 0.238. The summed E-state index contributed by atoms with van der Waals surface area (Å²) < 4.78 is 21.3. The Morgan fingerprint density at radius 3 is 2.41 bits per heavy atom. The second-order valence-corrected chi connectivity index (χ2v) is 5.47. The number of carbonyl (C=O) groups is 1. The van der Waals surface area contributed by atoms with E-state index in [1.807, 2.05) is 6.92 Å². The van der Waals surface area contributed by atoms with Crippen LogP contribution < -0.4 is 18.9 Å². The SMILES string of the molecule is CCOc1cc(OC(C)=O)ccc1/C=C(\C#N)c1ccc(OC)c(OC)c1. The number of allylic oxidation sites excluding steroid dienone is 1. The molecule has 0 spiro atoms. The van der Waals surface area contributed by atoms with E-state index in [-0.39, 0.29) is 0 Å². The molecule has 0 saturated carbocycles. The summed E-state index contributed by atoms with van der Waals surface area (Å²) in [5.41, 5.74) is 1.80. The first-order valence-corrected chi connectivity index (χ1v) is 8.31. The molecule has 0 radical (unpaired) electrons. The molecule has 0 unspecified atom stereocenters. The molecule has 0 N–H and O–H groups in total. The van der Waals surface area contributed by atoms with E-state index in [1.54, 1.807) is 56.7 Å². The minimum absolute atomic E-state index is 0.382. The van der Waals surface area contributed by atoms with E-state index >= 15 is 0 Å². The van der Waals surface area contributed by atoms with Crippen LogP contribution in [-0.4, -0.2) is 26.8 Å². The summed E-state index contributed by atoms with van der Waals surface area (Å²) in [4.78, 5) is 11.1. The molecule has 0 atom stereocenters. The van der Waals surface area contributed by atoms with Gasteiger partial charge in [0, 0.05) is 18.6 Å². The summed E-state index contributed by atoms with van der Waals surface area (Å²) in [6.45, 7) is 3.62. The van der Waals surface area contributed by atoms with Gasteiger partial charge in [-0.3, -0.25) is 4.79 Å². The van der Waals surface area contributed by atoms with Gasteiger partial charge < -0.3 is 18.9 Å². The summed E-state index contributed by atoms with van der Waals surface area (Å²) in [6.07, 6.45) is 1.71. The Labute approximate surface area is 158 Å². The molecule has 6 nitrogen and oxygen atoms in total. The average Bonchev–Trinajstić information content (AvgIpc) is 2.66. The van der Waals surface area contributed by atoms with Crippen LogP contribution in [0.25, 0.3) is 11.6 Å². The van der Waals surface area contributed by atoms with Crippen LogP contribution in [0.15, 0.2) is 36.4 Å². The number of hydrogen-bond donors (Lipinski definition) is 0. The van der Waals surface area contributed by atoms with Crippen molar-refractivity contribution in [2.75, 3.05) is 20.8 Å². The largest absolute Gasteiger partial charge is 0.493 e. The van der Waals surface area contributed by atoms with Crippen molar-refractivity contribution in [3.8, 4) is 29.1 Å². The first-order chi connectivity index (χ1) is 13.0. The molecule has 2 rings (SSSR count). The van der Waals surface area contributed by atoms with Crippen molar-refractivity contribution in [2.24, 2.45) is 0 Å². The Bertz CT molecular complexity index is 896. The summed E-state index contributed by atoms with van der Waals surface area (Å²) in [5.74, 6) is 1.60. The van der Waals surface area contributed by atoms with Gasteiger partial charge in [-0.1, -0.05) is 0 Å². The van der Waals surface area contributed by atoms with E-state index in [0.29, 0.717) is 46.3 Å². The van der Waals surface area contributed by atoms with E-state index in [0.717, 1.165) is 0 Å². The lowest BCUT2D eigenvalue weighted by Gasteiger charge is -2.11. The van der Waals surface area contributed by atoms with Crippen LogP contribution in [0.1, 0.15) is 25.0 Å². The highest BCUT2D eigenvalue weighted by Gasteiger charge is 2.11. The Morgan fingerprint density at radius 1 is 1.07 bits per heavy atom. The van der Waals surface area contributed by atoms with E-state index in [9.17, 15) is 10.1 Å². The quantitative estimate of drug-likeness (QED) is 0.317. The average molecular weight is 367 g/mol. The molecule has 0 bridgehead atoms. The van der Waals surface area contributed by atoms with Crippen molar-refractivity contribution < 1.29 is 23.7 Å². The van der Waals surface area contributed by atoms with Gasteiger partial charge in [0.15, 0.2) is 11.5 Å². The summed E-state index contributed by atoms with van der Waals surface area (Å²) >= 11 is 0. The van der Waals surface area contributed by atoms with Crippen LogP contribution in [-0.2, 0) is 4.79 Å². The number of benzene rings is 2. The number of hydrogen-bond acceptors (Lipinski definition) is 6. The molecule has 0 aliphatic rings. The highest BCUT2D eigenvalue weighted by molar-refractivity contribution is 5.91. The van der Waals surface area contributed by atoms with Gasteiger partial charge in [0.2, 0.25) is 0 Å². The van der Waals surface area contributed by atoms with Crippen molar-refractivity contribution in [2.45, 2.75) is 13.8 Å². The number of methoxy groups -OCH3 is 2. The van der Waals surface area contributed by atoms with Gasteiger partial charge in [0.1, 0.15) is 11.5 Å². The second kappa shape index (κ2) is 9.30. The topological polar surface area (TPSA) is 77.8 Å². The third kappa shape index (κ3) is 5.02. The Morgan fingerprint density at radius 2 is 1.81 bits per heavy atom. The normalized spacial score (nSPS) is 10.7. The maximum absolute atomic E-state index is 11.1. The zero-order valence-corrected chi connectivity index (χ0v) is 15.7. The Hall–Kier alpha value is -3.46. The van der Waals surface area contributed by atoms with Gasteiger partial charge in [-0.2, -0.15) is 5.26 Å². The number of ether oxygens (including phenoxy) is 4. The van der Waals surface area contributed by atoms with Crippen molar-refractivity contribution in [1.29, 1.82) is 5.26 Å². The highest BCUT2D eigenvalue weighted by atomic mass is 16.5. The third-order valence-electron chi connectivity index (χ3n) is 3.66. The van der Waals surface area contributed by atoms with Crippen molar-refractivity contribution in [3.63, 3.8) is 0 Å². The van der Waals surface area contributed by atoms with Gasteiger partial charge >= 0.3 is 5.97 Å². The lowest BCUT2D eigenvalue weighted by atomic mass is 10.0. The van der Waals surface area contributed by atoms with E-state index in [4.69, 9.17) is 18.9 Å². The zero-order chi connectivity index (χ0) is 19.8. The van der Waals surface area contributed by atoms with Crippen LogP contribution >= 0.6 is 0 Å². The first-order valence-electron chi connectivity index (χ1n) is 8.31. The molecule has 2 aromatic rings. The fourth-order valence-corrected chi connectivity index (χ4v) is 2.48. The minimum atomic E-state index is -0.413. The molecule has 0 heterocycles. The predicted molar refractivity (Wildman–Crippen MR) is 102 cm³/mol. The molecular weight excluding hydrogens is 346 g/mol. The zero-order valence-electron chi connectivity index (χ0n) is 15.7. The maximum Gasteiger partial charge on any atom is 0.308 e. The van der Waals surface area contributed by atoms with Gasteiger partial charge in [-0.15, -0.1) is 0 Å². The Kier molecular flexibility index (Phi) is 6.84. The van der Waals surface area contributed by atoms with Crippen molar-refractivity contribution in [3.05, 3.63) is 47.5 Å². The molecule has 0 saturated heterocycles. The number of nitrogens with zero attached hydrogens (tertiary/aromatic N) is 1. The standard InChI is InChI=1S/C21H21NO5/c1-5-26-20-12-18(27-14(2)23)8-6-16(20)10-17(13-22)15-7-9-19(24-3)21(11-15)25-4/h6-12H,5H2,1-4H3/b17-10+. The van der Waals surface area contributed by atoms with Crippen LogP contribution in [0.2, 0.25) is 0 Å². The highest BCUT2D eigenvalue weighted by Crippen LogP contribution is 2.33. The molecule has 140 valence electrons. The first kappa shape index (κ1) is 19.9. The van der Waals surface area contributed by atoms with Gasteiger partial charge in [-0.05, 0) is 48.9 Å². The summed E-state index contributed by atoms with van der Waals surface area (Å²) in [6, 6.07) is 12.5. The number of nitriles is 1. The number of esters is 1. The van der Waals surface area contributed by atoms with E-state index in [1.165, 1.54) is 6.92 Å². The maximum atomic E-state index is 11.1. The lowest BCUT2D eigenvalue weighted by molar-refractivity contribution is -0.131. The van der Waals surface area contributed by atoms with E-state index < -0.39 is 5.97 Å². The Balaban J connectivity index is 2.48. The van der Waals surface area contributed by atoms with Gasteiger partial charge in [0.25, 0.3) is 0 Å². The van der Waals surface area contributed by atoms with Crippen LogP contribution in [0.4, 0.5) is 0 Å². The molecule has 0 aliphatic heterocycles. The molecule has 2 aromatic carbocycles. The third-order valence-corrected chi connectivity index (χ3v) is 3.66. The molecule has 0 amide bonds. The van der Waals surface area contributed by atoms with Crippen molar-refractivity contribution >= 4 is 17.6 Å². The number of carbonyl (C=O) groups excluding carboxylic acids is 1. The van der Waals surface area contributed by atoms with Crippen LogP contribution in [0.5, 0.6) is 23.0 Å². The fourth-order valence-electron chi connectivity index (χ4n) is 2.48. The molecular formula is C21H21NO5. The van der Waals surface area contributed by atoms with Crippen molar-refractivity contribution in [1.82, 2.24) is 0 Å². The minimum Gasteiger partial charge on any atom is -0.493 e. The predicted octanol–water partition coefficient (Wildman–Crippen LogP) is 4.09. The molecule has 0 aliphatic carbocycles. The molecule has 6 heteroatoms. The second-order valence-electron chi connectivity index (χ2n) is 5.47. The summed E-state index contributed by atoms with van der Waals surface area (Å²) in [7, 11) is 3.09. The summed E-state index contributed by atoms with van der Waals surface area (Å²) in [5, 5.41) is 9.62. The monoisotopic (exact) mass is 367 g/mol. The smallest absolute Gasteiger partial charge is 0.308 e. The van der Waals surface area contributed by atoms with Gasteiger partial charge in [0.05, 0.1) is 32.5 Å².